The topological polar surface area (TPSA) is 345 Å². The van der Waals surface area contributed by atoms with E-state index in [9.17, 15) is 70.7 Å². The number of carboxylic acid groups (broad SMARTS) is 1. The first-order valence-electron chi connectivity index (χ1n) is 44.8. The van der Waals surface area contributed by atoms with Gasteiger partial charge in [-0.2, -0.15) is 0 Å². The second kappa shape index (κ2) is 50.4. The fourth-order valence-corrected chi connectivity index (χ4v) is 16.0. The normalized spacial score (nSPS) is 16.2. The predicted molar refractivity (Wildman–Crippen MR) is 517 cm³/mol. The molecular weight excluding hydrogens is 1760 g/mol. The van der Waals surface area contributed by atoms with Crippen LogP contribution in [0.4, 0.5) is 27.6 Å². The summed E-state index contributed by atoms with van der Waals surface area (Å²) in [6.45, 7) is 28.0. The van der Waals surface area contributed by atoms with Crippen molar-refractivity contribution >= 4 is 104 Å². The third kappa shape index (κ3) is 32.0. The molecule has 3 aliphatic rings. The standard InChI is InChI=1S/2C35H40FN3O6.C21H24N2O3.C14H18FNO4.CH4/c2*1-6-9-29-32(41)39(30(33(42)44-5)22-24-12-15-25-10-7-8-11-26(25)20-24)19-18-38(29)31(40)28(37-34(43)45-35(2,3)4)21-23-13-16-27(36)17-14-23;1-3-6-18-20(24)23(12-11-22-18)19(21(25)26-2)14-15-9-10-16-7-4-5-8-17(16)13-15;1-14(2,3)20-13(19)16-11(12(17)18)8-9-4-6-10(15)7-5-9;/h2*6-8,10-17,20,28-30H,1,9,18-19,21-22H2,2-5H3,(H,37,43);3-5,7-10,13,18-19,22H,1,6,11-12,14H2,2H3;4-7,11H,8H2,1-3H3,(H,16,19)(H,17,18);1H4/t2*28-,29+,30+;18-,19-;11-;/m1101./s1. The second-order valence-corrected chi connectivity index (χ2v) is 36.0. The predicted octanol–water partition coefficient (Wildman–Crippen LogP) is 14.9. The van der Waals surface area contributed by atoms with Crippen LogP contribution in [0.1, 0.15) is 122 Å². The van der Waals surface area contributed by atoms with Crippen molar-refractivity contribution in [3.05, 3.63) is 289 Å². The summed E-state index contributed by atoms with van der Waals surface area (Å²) in [5.41, 5.74) is 2.22. The molecule has 0 aromatic heterocycles. The Labute approximate surface area is 798 Å². The molecule has 0 saturated carbocycles. The minimum absolute atomic E-state index is 0. The number of ether oxygens (including phenoxy) is 6. The summed E-state index contributed by atoms with van der Waals surface area (Å²) in [6.07, 6.45) is 4.22. The van der Waals surface area contributed by atoms with Crippen molar-refractivity contribution in [3.8, 4) is 0 Å². The average molecular weight is 1890 g/mol. The van der Waals surface area contributed by atoms with E-state index in [4.69, 9.17) is 33.5 Å². The Bertz CT molecular complexity index is 5490. The molecule has 3 saturated heterocycles. The van der Waals surface area contributed by atoms with Gasteiger partial charge in [-0.1, -0.05) is 189 Å². The van der Waals surface area contributed by atoms with Crippen LogP contribution in [0.2, 0.25) is 0 Å². The van der Waals surface area contributed by atoms with Crippen LogP contribution in [-0.2, 0) is 110 Å². The van der Waals surface area contributed by atoms with E-state index in [0.717, 1.165) is 49.0 Å². The van der Waals surface area contributed by atoms with Gasteiger partial charge in [0.05, 0.1) is 27.4 Å². The van der Waals surface area contributed by atoms with E-state index in [1.165, 1.54) is 114 Å². The van der Waals surface area contributed by atoms with Crippen molar-refractivity contribution in [2.45, 2.75) is 199 Å². The molecule has 31 heteroatoms. The van der Waals surface area contributed by atoms with Gasteiger partial charge in [-0.3, -0.25) is 24.0 Å². The number of aliphatic carboxylic acids is 1. The molecule has 9 atom stereocenters. The molecule has 730 valence electrons. The number of fused-ring (bicyclic) bond motifs is 3. The van der Waals surface area contributed by atoms with E-state index in [-0.39, 0.29) is 96.5 Å². The molecule has 8 amide bonds. The monoisotopic (exact) mass is 1890 g/mol. The summed E-state index contributed by atoms with van der Waals surface area (Å²) in [4.78, 5) is 163. The van der Waals surface area contributed by atoms with Crippen molar-refractivity contribution in [3.63, 3.8) is 0 Å². The Morgan fingerprint density at radius 2 is 0.664 bits per heavy atom. The van der Waals surface area contributed by atoms with Gasteiger partial charge >= 0.3 is 42.2 Å². The summed E-state index contributed by atoms with van der Waals surface area (Å²) in [7, 11) is 3.93. The number of alkyl carbamates (subject to hydrolysis) is 3. The lowest BCUT2D eigenvalue weighted by molar-refractivity contribution is -0.161. The molecule has 12 rings (SSSR count). The number of carbonyl (C=O) groups excluding carboxylic acids is 11. The molecule has 137 heavy (non-hydrogen) atoms. The number of benzene rings is 9. The number of hydrogen-bond donors (Lipinski definition) is 5. The number of esters is 3. The van der Waals surface area contributed by atoms with Crippen LogP contribution >= 0.6 is 0 Å². The number of methoxy groups -OCH3 is 3. The third-order valence-corrected chi connectivity index (χ3v) is 22.4. The maximum atomic E-state index is 14.1. The highest BCUT2D eigenvalue weighted by Gasteiger charge is 2.47. The number of carbonyl (C=O) groups is 12. The first kappa shape index (κ1) is 108. The Morgan fingerprint density at radius 1 is 0.387 bits per heavy atom. The number of nitrogens with zero attached hydrogens (tertiary/aromatic N) is 5. The van der Waals surface area contributed by atoms with Crippen LogP contribution in [0.25, 0.3) is 32.3 Å². The van der Waals surface area contributed by atoms with Crippen molar-refractivity contribution in [2.75, 3.05) is 60.6 Å². The van der Waals surface area contributed by atoms with Crippen molar-refractivity contribution in [2.24, 2.45) is 0 Å². The highest BCUT2D eigenvalue weighted by molar-refractivity contribution is 5.97. The van der Waals surface area contributed by atoms with Crippen LogP contribution in [0.15, 0.2) is 238 Å². The fourth-order valence-electron chi connectivity index (χ4n) is 16.0. The van der Waals surface area contributed by atoms with Gasteiger partial charge in [-0.25, -0.2) is 46.7 Å². The lowest BCUT2D eigenvalue weighted by Gasteiger charge is -2.44. The largest absolute Gasteiger partial charge is 0.480 e. The number of rotatable bonds is 30. The maximum absolute atomic E-state index is 14.1. The quantitative estimate of drug-likeness (QED) is 0.0159. The van der Waals surface area contributed by atoms with E-state index in [1.807, 2.05) is 115 Å². The molecule has 9 aromatic carbocycles. The van der Waals surface area contributed by atoms with Gasteiger partial charge in [-0.15, -0.1) is 19.7 Å². The highest BCUT2D eigenvalue weighted by Crippen LogP contribution is 2.30. The van der Waals surface area contributed by atoms with E-state index in [2.05, 4.69) is 53.1 Å². The first-order valence-corrected chi connectivity index (χ1v) is 44.8. The molecule has 9 aromatic rings. The van der Waals surface area contributed by atoms with Crippen LogP contribution < -0.4 is 21.3 Å². The van der Waals surface area contributed by atoms with Crippen LogP contribution in [-0.4, -0.2) is 233 Å². The minimum Gasteiger partial charge on any atom is -0.480 e. The highest BCUT2D eigenvalue weighted by atomic mass is 19.1. The van der Waals surface area contributed by atoms with Crippen molar-refractivity contribution < 1.29 is 104 Å². The van der Waals surface area contributed by atoms with Crippen LogP contribution in [0, 0.1) is 17.5 Å². The van der Waals surface area contributed by atoms with E-state index < -0.39 is 142 Å². The van der Waals surface area contributed by atoms with Crippen LogP contribution in [0.3, 0.4) is 0 Å². The third-order valence-electron chi connectivity index (χ3n) is 22.4. The molecule has 3 heterocycles. The molecule has 0 bridgehead atoms. The van der Waals surface area contributed by atoms with E-state index in [0.29, 0.717) is 42.6 Å². The van der Waals surface area contributed by atoms with Crippen molar-refractivity contribution in [1.82, 2.24) is 45.8 Å². The fraction of sp³-hybridized carbons (Fsp3) is 0.377. The molecular formula is C106H126F3N9O19. The number of piperazine rings is 3. The van der Waals surface area contributed by atoms with E-state index in [1.54, 1.807) is 85.4 Å². The zero-order valence-electron chi connectivity index (χ0n) is 78.9. The Hall–Kier alpha value is -14.2. The number of nitrogens with one attached hydrogen (secondary N) is 4. The summed E-state index contributed by atoms with van der Waals surface area (Å²) in [5.74, 6) is -5.89. The number of carboxylic acids is 1. The number of hydrogen-bond acceptors (Lipinski definition) is 19. The Morgan fingerprint density at radius 3 is 0.949 bits per heavy atom. The van der Waals surface area contributed by atoms with E-state index >= 15 is 0 Å². The first-order chi connectivity index (χ1) is 64.6. The van der Waals surface area contributed by atoms with Gasteiger partial charge in [-0.05, 0) is 184 Å². The SMILES string of the molecule is C.C=CC[C@@H]1NCCN([C@@H](Cc2ccc3ccccc3c2)C(=O)OC)C1=O.C=CC[C@H]1C(=O)N([C@@H](Cc2ccc3ccccc3c2)C(=O)OC)CCN1C(=O)[C@@H](Cc1ccc(F)cc1)NC(=O)OC(C)(C)C.C=CC[C@H]1C(=O)N([C@@H](Cc2ccc3ccccc3c2)C(=O)OC)CCN1C(=O)[C@@H](Cc1ccc(F)cc1)NC(=O)OC(C)(C)C.CC(C)(C)OC(=O)N[C@H](Cc1ccc(F)cc1)C(=O)O. The Balaban J connectivity index is 0.000000235. The number of amides is 8. The Kier molecular flexibility index (Phi) is 39.7. The smallest absolute Gasteiger partial charge is 0.408 e. The zero-order valence-corrected chi connectivity index (χ0v) is 78.9. The summed E-state index contributed by atoms with van der Waals surface area (Å²) in [5, 5.41) is 26.2. The molecule has 0 aliphatic carbocycles. The van der Waals surface area contributed by atoms with Crippen molar-refractivity contribution in [1.29, 1.82) is 0 Å². The maximum Gasteiger partial charge on any atom is 0.408 e. The average Bonchev–Trinajstić information content (AvgIpc) is 0.784. The summed E-state index contributed by atoms with van der Waals surface area (Å²) >= 11 is 0. The van der Waals surface area contributed by atoms with Gasteiger partial charge in [0.25, 0.3) is 0 Å². The zero-order chi connectivity index (χ0) is 99.3. The second-order valence-electron chi connectivity index (χ2n) is 36.0. The van der Waals surface area contributed by atoms with Gasteiger partial charge < -0.3 is 79.3 Å². The summed E-state index contributed by atoms with van der Waals surface area (Å²) in [6, 6.07) is 50.3. The number of halogens is 3. The van der Waals surface area contributed by atoms with Gasteiger partial charge in [0, 0.05) is 77.8 Å². The van der Waals surface area contributed by atoms with Gasteiger partial charge in [0.1, 0.15) is 82.6 Å². The lowest BCUT2D eigenvalue weighted by atomic mass is 9.97. The molecule has 0 spiro atoms. The molecule has 0 radical (unpaired) electrons. The molecule has 5 N–H and O–H groups in total. The molecule has 28 nitrogen and oxygen atoms in total. The molecule has 0 unspecified atom stereocenters. The minimum atomic E-state index is -1.18. The van der Waals surface area contributed by atoms with Gasteiger partial charge in [0.2, 0.25) is 29.5 Å². The summed E-state index contributed by atoms with van der Waals surface area (Å²) < 4.78 is 71.0. The lowest BCUT2D eigenvalue weighted by Crippen LogP contribution is -2.65. The molecule has 3 fully saturated rings. The molecule has 3 aliphatic heterocycles. The van der Waals surface area contributed by atoms with Crippen LogP contribution in [0.5, 0.6) is 0 Å². The van der Waals surface area contributed by atoms with Gasteiger partial charge in [0.15, 0.2) is 0 Å².